The molecule has 0 radical (unpaired) electrons. The van der Waals surface area contributed by atoms with Crippen LogP contribution in [0.4, 0.5) is 0 Å². The number of fused-ring (bicyclic) bond motifs is 1. The van der Waals surface area contributed by atoms with Gasteiger partial charge in [-0.25, -0.2) is 0 Å². The van der Waals surface area contributed by atoms with Crippen LogP contribution in [0.5, 0.6) is 0 Å². The smallest absolute Gasteiger partial charge is 0.191 e. The van der Waals surface area contributed by atoms with Crippen molar-refractivity contribution in [2.75, 3.05) is 32.7 Å². The van der Waals surface area contributed by atoms with Crippen LogP contribution in [-0.2, 0) is 6.42 Å². The van der Waals surface area contributed by atoms with Crippen molar-refractivity contribution in [1.29, 1.82) is 0 Å². The molecule has 1 saturated heterocycles. The first-order valence-electron chi connectivity index (χ1n) is 11.0. The van der Waals surface area contributed by atoms with Crippen LogP contribution in [-0.4, -0.2) is 54.6 Å². The summed E-state index contributed by atoms with van der Waals surface area (Å²) in [6.07, 6.45) is 8.10. The van der Waals surface area contributed by atoms with Gasteiger partial charge < -0.3 is 20.5 Å². The lowest BCUT2D eigenvalue weighted by Crippen LogP contribution is -2.48. The second-order valence-corrected chi connectivity index (χ2v) is 7.94. The SMILES string of the molecule is CCCCN1CCC(NC(=NCCc2c[nH]c3c(C)cccc23)NCC)CC1.I. The molecular weight excluding hydrogens is 473 g/mol. The minimum atomic E-state index is 0. The van der Waals surface area contributed by atoms with Crippen molar-refractivity contribution in [3.8, 4) is 0 Å². The van der Waals surface area contributed by atoms with Crippen molar-refractivity contribution in [3.05, 3.63) is 35.5 Å². The molecule has 3 rings (SSSR count). The van der Waals surface area contributed by atoms with E-state index in [1.807, 2.05) is 0 Å². The van der Waals surface area contributed by atoms with Crippen molar-refractivity contribution < 1.29 is 0 Å². The van der Waals surface area contributed by atoms with Crippen molar-refractivity contribution in [1.82, 2.24) is 20.5 Å². The quantitative estimate of drug-likeness (QED) is 0.279. The van der Waals surface area contributed by atoms with Crippen molar-refractivity contribution in [2.24, 2.45) is 4.99 Å². The minimum Gasteiger partial charge on any atom is -0.361 e. The van der Waals surface area contributed by atoms with Crippen LogP contribution in [0.2, 0.25) is 0 Å². The number of likely N-dealkylation sites (tertiary alicyclic amines) is 1. The average Bonchev–Trinajstić information content (AvgIpc) is 3.12. The molecule has 6 heteroatoms. The number of aromatic amines is 1. The summed E-state index contributed by atoms with van der Waals surface area (Å²) >= 11 is 0. The molecular formula is C23H38IN5. The van der Waals surface area contributed by atoms with Crippen LogP contribution >= 0.6 is 24.0 Å². The number of hydrogen-bond acceptors (Lipinski definition) is 2. The van der Waals surface area contributed by atoms with Gasteiger partial charge in [-0.1, -0.05) is 31.5 Å². The highest BCUT2D eigenvalue weighted by molar-refractivity contribution is 14.0. The highest BCUT2D eigenvalue weighted by atomic mass is 127. The van der Waals surface area contributed by atoms with Gasteiger partial charge in [-0.3, -0.25) is 4.99 Å². The third-order valence-electron chi connectivity index (χ3n) is 5.76. The number of hydrogen-bond donors (Lipinski definition) is 3. The van der Waals surface area contributed by atoms with Crippen molar-refractivity contribution >= 4 is 40.8 Å². The average molecular weight is 511 g/mol. The highest BCUT2D eigenvalue weighted by Crippen LogP contribution is 2.21. The van der Waals surface area contributed by atoms with E-state index >= 15 is 0 Å². The Kier molecular flexibility index (Phi) is 10.3. The number of guanidine groups is 1. The molecule has 1 aliphatic heterocycles. The third kappa shape index (κ3) is 6.88. The Balaban J connectivity index is 0.00000300. The molecule has 2 aromatic rings. The van der Waals surface area contributed by atoms with E-state index in [4.69, 9.17) is 4.99 Å². The molecule has 0 spiro atoms. The Morgan fingerprint density at radius 1 is 1.24 bits per heavy atom. The molecule has 0 bridgehead atoms. The summed E-state index contributed by atoms with van der Waals surface area (Å²) in [6, 6.07) is 7.03. The molecule has 0 unspecified atom stereocenters. The molecule has 29 heavy (non-hydrogen) atoms. The molecule has 3 N–H and O–H groups in total. The van der Waals surface area contributed by atoms with Crippen LogP contribution in [0.25, 0.3) is 10.9 Å². The summed E-state index contributed by atoms with van der Waals surface area (Å²) in [4.78, 5) is 10.9. The summed E-state index contributed by atoms with van der Waals surface area (Å²) < 4.78 is 0. The van der Waals surface area contributed by atoms with Gasteiger partial charge in [0.1, 0.15) is 0 Å². The van der Waals surface area contributed by atoms with Crippen molar-refractivity contribution in [2.45, 2.75) is 58.9 Å². The fourth-order valence-corrected chi connectivity index (χ4v) is 4.05. The van der Waals surface area contributed by atoms with E-state index in [0.717, 1.165) is 25.5 Å². The Labute approximate surface area is 193 Å². The lowest BCUT2D eigenvalue weighted by molar-refractivity contribution is 0.203. The second kappa shape index (κ2) is 12.4. The lowest BCUT2D eigenvalue weighted by atomic mass is 10.0. The molecule has 0 atom stereocenters. The van der Waals surface area contributed by atoms with Crippen LogP contribution in [0.15, 0.2) is 29.4 Å². The first-order chi connectivity index (χ1) is 13.7. The Morgan fingerprint density at radius 2 is 2.03 bits per heavy atom. The van der Waals surface area contributed by atoms with E-state index in [0.29, 0.717) is 6.04 Å². The molecule has 1 aromatic heterocycles. The van der Waals surface area contributed by atoms with Gasteiger partial charge in [0.15, 0.2) is 5.96 Å². The maximum Gasteiger partial charge on any atom is 0.191 e. The lowest BCUT2D eigenvalue weighted by Gasteiger charge is -2.33. The van der Waals surface area contributed by atoms with E-state index in [1.54, 1.807) is 0 Å². The van der Waals surface area contributed by atoms with Crippen LogP contribution in [0.1, 0.15) is 50.7 Å². The van der Waals surface area contributed by atoms with Gasteiger partial charge in [0, 0.05) is 49.3 Å². The summed E-state index contributed by atoms with van der Waals surface area (Å²) in [6.45, 7) is 11.9. The predicted octanol–water partition coefficient (Wildman–Crippen LogP) is 4.46. The number of aliphatic imine (C=N–C) groups is 1. The number of H-pyrrole nitrogens is 1. The fraction of sp³-hybridized carbons (Fsp3) is 0.609. The van der Waals surface area contributed by atoms with Crippen LogP contribution in [0, 0.1) is 6.92 Å². The second-order valence-electron chi connectivity index (χ2n) is 7.94. The maximum absolute atomic E-state index is 4.85. The number of para-hydroxylation sites is 1. The van der Waals surface area contributed by atoms with Crippen molar-refractivity contribution in [3.63, 3.8) is 0 Å². The number of rotatable bonds is 8. The summed E-state index contributed by atoms with van der Waals surface area (Å²) in [5.74, 6) is 0.963. The van der Waals surface area contributed by atoms with Crippen LogP contribution in [0.3, 0.4) is 0 Å². The van der Waals surface area contributed by atoms with Crippen LogP contribution < -0.4 is 10.6 Å². The highest BCUT2D eigenvalue weighted by Gasteiger charge is 2.19. The first-order valence-corrected chi connectivity index (χ1v) is 11.0. The Hall–Kier alpha value is -1.28. The maximum atomic E-state index is 4.85. The van der Waals surface area contributed by atoms with E-state index in [2.05, 4.69) is 65.7 Å². The van der Waals surface area contributed by atoms with Gasteiger partial charge in [-0.15, -0.1) is 24.0 Å². The number of aromatic nitrogens is 1. The third-order valence-corrected chi connectivity index (χ3v) is 5.76. The molecule has 1 aliphatic rings. The van der Waals surface area contributed by atoms with E-state index < -0.39 is 0 Å². The van der Waals surface area contributed by atoms with Gasteiger partial charge in [0.05, 0.1) is 0 Å². The van der Waals surface area contributed by atoms with E-state index in [9.17, 15) is 0 Å². The summed E-state index contributed by atoms with van der Waals surface area (Å²) in [5, 5.41) is 8.41. The van der Waals surface area contributed by atoms with E-state index in [1.165, 1.54) is 67.3 Å². The molecule has 1 aromatic carbocycles. The summed E-state index contributed by atoms with van der Waals surface area (Å²) in [5.41, 5.74) is 3.90. The zero-order chi connectivity index (χ0) is 19.8. The van der Waals surface area contributed by atoms with Gasteiger partial charge in [0.2, 0.25) is 0 Å². The zero-order valence-electron chi connectivity index (χ0n) is 18.3. The molecule has 2 heterocycles. The number of piperidine rings is 1. The molecule has 0 saturated carbocycles. The number of unbranched alkanes of at least 4 members (excludes halogenated alkanes) is 1. The largest absolute Gasteiger partial charge is 0.361 e. The monoisotopic (exact) mass is 511 g/mol. The molecule has 1 fully saturated rings. The number of nitrogens with one attached hydrogen (secondary N) is 3. The number of halogens is 1. The topological polar surface area (TPSA) is 55.5 Å². The fourth-order valence-electron chi connectivity index (χ4n) is 4.05. The molecule has 5 nitrogen and oxygen atoms in total. The number of benzene rings is 1. The van der Waals surface area contributed by atoms with Gasteiger partial charge in [-0.2, -0.15) is 0 Å². The molecule has 162 valence electrons. The number of aryl methyl sites for hydroxylation is 1. The molecule has 0 amide bonds. The summed E-state index contributed by atoms with van der Waals surface area (Å²) in [7, 11) is 0. The predicted molar refractivity (Wildman–Crippen MR) is 136 cm³/mol. The van der Waals surface area contributed by atoms with Gasteiger partial charge >= 0.3 is 0 Å². The number of nitrogens with zero attached hydrogens (tertiary/aromatic N) is 2. The Morgan fingerprint density at radius 3 is 2.76 bits per heavy atom. The Bertz CT molecular complexity index is 762. The zero-order valence-corrected chi connectivity index (χ0v) is 20.6. The minimum absolute atomic E-state index is 0. The van der Waals surface area contributed by atoms with Gasteiger partial charge in [0.25, 0.3) is 0 Å². The first kappa shape index (κ1) is 24.0. The molecule has 0 aliphatic carbocycles. The standard InChI is InChI=1S/C23H37N5.HI/c1-4-6-14-28-15-11-20(12-16-28)27-23(24-5-2)25-13-10-19-17-26-22-18(3)8-7-9-21(19)22;/h7-9,17,20,26H,4-6,10-16H2,1-3H3,(H2,24,25,27);1H. The van der Waals surface area contributed by atoms with Gasteiger partial charge in [-0.05, 0) is 57.2 Å². The normalized spacial score (nSPS) is 16.0. The van der Waals surface area contributed by atoms with E-state index in [-0.39, 0.29) is 24.0 Å².